The fraction of sp³-hybridized carbons (Fsp3) is 0.350. The predicted octanol–water partition coefficient (Wildman–Crippen LogP) is 2.66. The molecule has 8 nitrogen and oxygen atoms in total. The van der Waals surface area contributed by atoms with Gasteiger partial charge in [0.15, 0.2) is 0 Å². The zero-order chi connectivity index (χ0) is 21.3. The molecule has 0 saturated carbocycles. The average molecular weight is 423 g/mol. The fourth-order valence-electron chi connectivity index (χ4n) is 2.49. The molecule has 2 N–H and O–H groups in total. The van der Waals surface area contributed by atoms with Crippen LogP contribution in [-0.4, -0.2) is 47.8 Å². The number of rotatable bonds is 11. The molecule has 0 atom stereocenters. The van der Waals surface area contributed by atoms with Crippen LogP contribution in [0.15, 0.2) is 47.4 Å². The van der Waals surface area contributed by atoms with E-state index in [1.165, 1.54) is 31.4 Å². The van der Waals surface area contributed by atoms with Gasteiger partial charge in [-0.15, -0.1) is 0 Å². The van der Waals surface area contributed by atoms with Crippen LogP contribution in [0.1, 0.15) is 24.2 Å². The molecule has 2 aromatic carbocycles. The highest BCUT2D eigenvalue weighted by atomic mass is 32.2. The van der Waals surface area contributed by atoms with Crippen molar-refractivity contribution >= 4 is 21.6 Å². The standard InChI is InChI=1S/C20H26N2O6S/c1-4-27-16-8-11-19(28-5-2)18(14-16)22-20(23)15-6-9-17(10-7-15)29(24,25)21-12-13-26-3/h6-11,14,21H,4-5,12-13H2,1-3H3,(H,22,23). The van der Waals surface area contributed by atoms with E-state index in [1.807, 2.05) is 13.8 Å². The Morgan fingerprint density at radius 1 is 1.00 bits per heavy atom. The third-order valence-electron chi connectivity index (χ3n) is 3.84. The third-order valence-corrected chi connectivity index (χ3v) is 5.31. The molecule has 2 rings (SSSR count). The van der Waals surface area contributed by atoms with E-state index in [-0.39, 0.29) is 18.0 Å². The average Bonchev–Trinajstić information content (AvgIpc) is 2.70. The molecule has 9 heteroatoms. The second-order valence-corrected chi connectivity index (χ2v) is 7.66. The lowest BCUT2D eigenvalue weighted by Crippen LogP contribution is -2.27. The number of benzene rings is 2. The highest BCUT2D eigenvalue weighted by molar-refractivity contribution is 7.89. The first-order valence-electron chi connectivity index (χ1n) is 9.21. The second-order valence-electron chi connectivity index (χ2n) is 5.89. The van der Waals surface area contributed by atoms with E-state index in [0.717, 1.165) is 0 Å². The molecular weight excluding hydrogens is 396 g/mol. The van der Waals surface area contributed by atoms with Crippen molar-refractivity contribution in [3.8, 4) is 11.5 Å². The number of anilines is 1. The lowest BCUT2D eigenvalue weighted by atomic mass is 10.2. The SMILES string of the molecule is CCOc1ccc(OCC)c(NC(=O)c2ccc(S(=O)(=O)NCCOC)cc2)c1. The summed E-state index contributed by atoms with van der Waals surface area (Å²) in [4.78, 5) is 12.7. The number of hydrogen-bond donors (Lipinski definition) is 2. The highest BCUT2D eigenvalue weighted by Gasteiger charge is 2.16. The fourth-order valence-corrected chi connectivity index (χ4v) is 3.50. The molecule has 0 radical (unpaired) electrons. The zero-order valence-corrected chi connectivity index (χ0v) is 17.5. The number of hydrogen-bond acceptors (Lipinski definition) is 6. The van der Waals surface area contributed by atoms with Gasteiger partial charge in [0.25, 0.3) is 5.91 Å². The van der Waals surface area contributed by atoms with Crippen LogP contribution in [0.5, 0.6) is 11.5 Å². The van der Waals surface area contributed by atoms with E-state index in [4.69, 9.17) is 14.2 Å². The maximum atomic E-state index is 12.6. The van der Waals surface area contributed by atoms with Crippen molar-refractivity contribution in [2.45, 2.75) is 18.7 Å². The zero-order valence-electron chi connectivity index (χ0n) is 16.7. The minimum absolute atomic E-state index is 0.0681. The Morgan fingerprint density at radius 2 is 1.69 bits per heavy atom. The van der Waals surface area contributed by atoms with Crippen molar-refractivity contribution in [2.24, 2.45) is 0 Å². The maximum Gasteiger partial charge on any atom is 0.255 e. The molecule has 0 fully saturated rings. The Kier molecular flexibility index (Phi) is 8.44. The summed E-state index contributed by atoms with van der Waals surface area (Å²) in [5.41, 5.74) is 0.783. The largest absolute Gasteiger partial charge is 0.494 e. The Labute approximate surface area is 171 Å². The van der Waals surface area contributed by atoms with Crippen molar-refractivity contribution in [3.05, 3.63) is 48.0 Å². The van der Waals surface area contributed by atoms with E-state index >= 15 is 0 Å². The van der Waals surface area contributed by atoms with Gasteiger partial charge in [-0.2, -0.15) is 0 Å². The van der Waals surface area contributed by atoms with Gasteiger partial charge in [-0.25, -0.2) is 13.1 Å². The van der Waals surface area contributed by atoms with Crippen LogP contribution in [0, 0.1) is 0 Å². The van der Waals surface area contributed by atoms with Crippen molar-refractivity contribution in [1.82, 2.24) is 4.72 Å². The molecule has 158 valence electrons. The van der Waals surface area contributed by atoms with E-state index < -0.39 is 15.9 Å². The van der Waals surface area contributed by atoms with Gasteiger partial charge < -0.3 is 19.5 Å². The lowest BCUT2D eigenvalue weighted by molar-refractivity contribution is 0.102. The van der Waals surface area contributed by atoms with Gasteiger partial charge in [0.2, 0.25) is 10.0 Å². The minimum Gasteiger partial charge on any atom is -0.494 e. The normalized spacial score (nSPS) is 11.1. The van der Waals surface area contributed by atoms with Crippen molar-refractivity contribution in [3.63, 3.8) is 0 Å². The number of sulfonamides is 1. The molecule has 0 aliphatic heterocycles. The first-order chi connectivity index (χ1) is 13.9. The van der Waals surface area contributed by atoms with E-state index in [9.17, 15) is 13.2 Å². The summed E-state index contributed by atoms with van der Waals surface area (Å²) >= 11 is 0. The van der Waals surface area contributed by atoms with Crippen molar-refractivity contribution < 1.29 is 27.4 Å². The smallest absolute Gasteiger partial charge is 0.255 e. The maximum absolute atomic E-state index is 12.6. The van der Waals surface area contributed by atoms with Crippen LogP contribution in [-0.2, 0) is 14.8 Å². The number of ether oxygens (including phenoxy) is 3. The quantitative estimate of drug-likeness (QED) is 0.540. The van der Waals surface area contributed by atoms with Crippen LogP contribution in [0.4, 0.5) is 5.69 Å². The molecule has 0 aliphatic rings. The van der Waals surface area contributed by atoms with E-state index in [2.05, 4.69) is 10.0 Å². The Balaban J connectivity index is 2.16. The van der Waals surface area contributed by atoms with Crippen LogP contribution >= 0.6 is 0 Å². The molecular formula is C20H26N2O6S. The van der Waals surface area contributed by atoms with Gasteiger partial charge in [0.1, 0.15) is 11.5 Å². The van der Waals surface area contributed by atoms with Gasteiger partial charge in [-0.3, -0.25) is 4.79 Å². The van der Waals surface area contributed by atoms with Crippen LogP contribution < -0.4 is 19.5 Å². The molecule has 0 heterocycles. The number of amides is 1. The van der Waals surface area contributed by atoms with Gasteiger partial charge in [0.05, 0.1) is 30.4 Å². The van der Waals surface area contributed by atoms with Gasteiger partial charge in [-0.05, 0) is 50.2 Å². The monoisotopic (exact) mass is 422 g/mol. The Bertz CT molecular complexity index is 913. The number of carbonyl (C=O) groups is 1. The first-order valence-corrected chi connectivity index (χ1v) is 10.7. The lowest BCUT2D eigenvalue weighted by Gasteiger charge is -2.14. The molecule has 1 amide bonds. The summed E-state index contributed by atoms with van der Waals surface area (Å²) in [6, 6.07) is 10.8. The molecule has 29 heavy (non-hydrogen) atoms. The first kappa shape index (κ1) is 22.7. The summed E-state index contributed by atoms with van der Waals surface area (Å²) in [6.45, 7) is 5.09. The van der Waals surface area contributed by atoms with Gasteiger partial charge in [-0.1, -0.05) is 0 Å². The molecule has 0 bridgehead atoms. The van der Waals surface area contributed by atoms with E-state index in [1.54, 1.807) is 18.2 Å². The molecule has 0 aliphatic carbocycles. The highest BCUT2D eigenvalue weighted by Crippen LogP contribution is 2.30. The third kappa shape index (κ3) is 6.45. The summed E-state index contributed by atoms with van der Waals surface area (Å²) in [6.07, 6.45) is 0. The number of methoxy groups -OCH3 is 1. The van der Waals surface area contributed by atoms with Crippen molar-refractivity contribution in [2.75, 3.05) is 38.8 Å². The topological polar surface area (TPSA) is 103 Å². The molecule has 0 aromatic heterocycles. The van der Waals surface area contributed by atoms with Gasteiger partial charge in [0, 0.05) is 25.3 Å². The Hall–Kier alpha value is -2.62. The molecule has 0 unspecified atom stereocenters. The van der Waals surface area contributed by atoms with E-state index in [0.29, 0.717) is 36.0 Å². The molecule has 2 aromatic rings. The second kappa shape index (κ2) is 10.8. The summed E-state index contributed by atoms with van der Waals surface area (Å²) < 4.78 is 42.7. The summed E-state index contributed by atoms with van der Waals surface area (Å²) in [7, 11) is -2.17. The van der Waals surface area contributed by atoms with Gasteiger partial charge >= 0.3 is 0 Å². The number of carbonyl (C=O) groups excluding carboxylic acids is 1. The number of nitrogens with one attached hydrogen (secondary N) is 2. The summed E-state index contributed by atoms with van der Waals surface area (Å²) in [5.74, 6) is 0.733. The molecule has 0 saturated heterocycles. The van der Waals surface area contributed by atoms with Crippen LogP contribution in [0.3, 0.4) is 0 Å². The summed E-state index contributed by atoms with van der Waals surface area (Å²) in [5, 5.41) is 2.79. The van der Waals surface area contributed by atoms with Crippen molar-refractivity contribution in [1.29, 1.82) is 0 Å². The minimum atomic E-state index is -3.66. The Morgan fingerprint density at radius 3 is 2.31 bits per heavy atom. The van der Waals surface area contributed by atoms with Crippen LogP contribution in [0.25, 0.3) is 0 Å². The van der Waals surface area contributed by atoms with Crippen LogP contribution in [0.2, 0.25) is 0 Å². The predicted molar refractivity (Wildman–Crippen MR) is 110 cm³/mol. The molecule has 0 spiro atoms.